The summed E-state index contributed by atoms with van der Waals surface area (Å²) in [7, 11) is 0. The Kier molecular flexibility index (Phi) is 11.3. The number of halogens is 1. The summed E-state index contributed by atoms with van der Waals surface area (Å²) in [5.74, 6) is -0.360. The van der Waals surface area contributed by atoms with Gasteiger partial charge in [0.1, 0.15) is 11.5 Å². The zero-order valence-electron chi connectivity index (χ0n) is 28.3. The number of unbranched alkanes of at least 4 members (excludes halogenated alkanes) is 4. The summed E-state index contributed by atoms with van der Waals surface area (Å²) < 4.78 is 16.6. The van der Waals surface area contributed by atoms with Crippen molar-refractivity contribution in [3.8, 4) is 11.3 Å². The van der Waals surface area contributed by atoms with Crippen molar-refractivity contribution in [1.82, 2.24) is 25.8 Å². The van der Waals surface area contributed by atoms with E-state index in [-0.39, 0.29) is 17.3 Å². The normalized spacial score (nSPS) is 13.9. The molecule has 0 unspecified atom stereocenters. The van der Waals surface area contributed by atoms with Crippen LogP contribution in [0.3, 0.4) is 0 Å². The van der Waals surface area contributed by atoms with Crippen molar-refractivity contribution in [3.63, 3.8) is 0 Å². The van der Waals surface area contributed by atoms with Crippen molar-refractivity contribution in [3.05, 3.63) is 143 Å². The predicted molar refractivity (Wildman–Crippen MR) is 191 cm³/mol. The Morgan fingerprint density at radius 2 is 1.43 bits per heavy atom. The van der Waals surface area contributed by atoms with E-state index >= 15 is 0 Å². The summed E-state index contributed by atoms with van der Waals surface area (Å²) >= 11 is 0. The lowest BCUT2D eigenvalue weighted by atomic mass is 9.78. The SMILES string of the molecule is CC1(NCc2ccc(-c3cn(CCCCCCCC(=O)NOC(c4ccccc4)(c4ccccc4)c4ccccc4)nn3)cc2F)CCC1. The monoisotopic (exact) mass is 659 g/mol. The van der Waals surface area contributed by atoms with E-state index in [2.05, 4.69) is 28.0 Å². The van der Waals surface area contributed by atoms with Crippen LogP contribution in [0.2, 0.25) is 0 Å². The van der Waals surface area contributed by atoms with Gasteiger partial charge in [-0.1, -0.05) is 128 Å². The maximum Gasteiger partial charge on any atom is 0.243 e. The van der Waals surface area contributed by atoms with Gasteiger partial charge in [0.15, 0.2) is 5.60 Å². The van der Waals surface area contributed by atoms with Gasteiger partial charge in [-0.05, 0) is 61.8 Å². The van der Waals surface area contributed by atoms with Crippen LogP contribution >= 0.6 is 0 Å². The lowest BCUT2D eigenvalue weighted by molar-refractivity contribution is -0.143. The van der Waals surface area contributed by atoms with E-state index < -0.39 is 5.60 Å². The van der Waals surface area contributed by atoms with E-state index in [0.29, 0.717) is 24.2 Å². The van der Waals surface area contributed by atoms with Crippen molar-refractivity contribution < 1.29 is 14.0 Å². The Bertz CT molecular complexity index is 1680. The van der Waals surface area contributed by atoms with Gasteiger partial charge in [0, 0.05) is 36.2 Å². The molecule has 5 aromatic rings. The molecular weight excluding hydrogens is 613 g/mol. The van der Waals surface area contributed by atoms with Gasteiger partial charge in [-0.2, -0.15) is 0 Å². The third kappa shape index (κ3) is 8.50. The first-order chi connectivity index (χ1) is 24.0. The van der Waals surface area contributed by atoms with Gasteiger partial charge >= 0.3 is 0 Å². The summed E-state index contributed by atoms with van der Waals surface area (Å²) in [6, 6.07) is 35.3. The lowest BCUT2D eigenvalue weighted by Crippen LogP contribution is -2.47. The van der Waals surface area contributed by atoms with Gasteiger partial charge in [-0.3, -0.25) is 14.3 Å². The molecule has 1 amide bonds. The van der Waals surface area contributed by atoms with Gasteiger partial charge in [0.25, 0.3) is 0 Å². The fraction of sp³-hybridized carbons (Fsp3) is 0.341. The van der Waals surface area contributed by atoms with Crippen LogP contribution in [0, 0.1) is 5.82 Å². The maximum atomic E-state index is 14.8. The van der Waals surface area contributed by atoms with Crippen LogP contribution in [0.1, 0.15) is 87.0 Å². The van der Waals surface area contributed by atoms with Crippen LogP contribution < -0.4 is 10.8 Å². The molecule has 1 saturated carbocycles. The number of nitrogens with zero attached hydrogens (tertiary/aromatic N) is 3. The Labute approximate surface area is 288 Å². The van der Waals surface area contributed by atoms with E-state index in [1.165, 1.54) is 6.42 Å². The second kappa shape index (κ2) is 16.2. The number of rotatable bonds is 17. The number of hydrogen-bond acceptors (Lipinski definition) is 5. The van der Waals surface area contributed by atoms with Crippen molar-refractivity contribution >= 4 is 5.91 Å². The highest BCUT2D eigenvalue weighted by Crippen LogP contribution is 2.39. The van der Waals surface area contributed by atoms with Crippen LogP contribution in [0.25, 0.3) is 11.3 Å². The number of amides is 1. The summed E-state index contributed by atoms with van der Waals surface area (Å²) in [4.78, 5) is 19.5. The third-order valence-electron chi connectivity index (χ3n) is 9.70. The Morgan fingerprint density at radius 1 is 0.837 bits per heavy atom. The number of hydrogen-bond donors (Lipinski definition) is 2. The van der Waals surface area contributed by atoms with E-state index in [4.69, 9.17) is 4.84 Å². The van der Waals surface area contributed by atoms with Gasteiger partial charge in [-0.15, -0.1) is 5.10 Å². The average Bonchev–Trinajstić information content (AvgIpc) is 3.60. The molecule has 0 spiro atoms. The minimum atomic E-state index is -0.997. The quantitative estimate of drug-likeness (QED) is 0.0595. The third-order valence-corrected chi connectivity index (χ3v) is 9.70. The summed E-state index contributed by atoms with van der Waals surface area (Å²) in [6.07, 6.45) is 10.5. The summed E-state index contributed by atoms with van der Waals surface area (Å²) in [5.41, 5.74) is 6.81. The zero-order valence-corrected chi connectivity index (χ0v) is 28.3. The predicted octanol–water partition coefficient (Wildman–Crippen LogP) is 8.50. The first kappa shape index (κ1) is 34.2. The Morgan fingerprint density at radius 3 is 2.00 bits per heavy atom. The molecule has 7 nitrogen and oxygen atoms in total. The van der Waals surface area contributed by atoms with Crippen molar-refractivity contribution in [2.45, 2.75) is 88.9 Å². The molecule has 49 heavy (non-hydrogen) atoms. The molecule has 1 aromatic heterocycles. The van der Waals surface area contributed by atoms with Crippen LogP contribution in [-0.4, -0.2) is 26.4 Å². The minimum absolute atomic E-state index is 0.138. The average molecular weight is 660 g/mol. The molecule has 0 radical (unpaired) electrons. The maximum absolute atomic E-state index is 14.8. The highest BCUT2D eigenvalue weighted by Gasteiger charge is 2.39. The van der Waals surface area contributed by atoms with Crippen LogP contribution in [0.5, 0.6) is 0 Å². The minimum Gasteiger partial charge on any atom is -0.307 e. The van der Waals surface area contributed by atoms with Gasteiger partial charge in [0.2, 0.25) is 5.91 Å². The fourth-order valence-electron chi connectivity index (χ4n) is 6.55. The molecule has 1 aliphatic carbocycles. The van der Waals surface area contributed by atoms with Crippen LogP contribution in [-0.2, 0) is 28.3 Å². The highest BCUT2D eigenvalue weighted by atomic mass is 19.1. The van der Waals surface area contributed by atoms with Crippen LogP contribution in [0.4, 0.5) is 4.39 Å². The van der Waals surface area contributed by atoms with E-state index in [9.17, 15) is 9.18 Å². The van der Waals surface area contributed by atoms with Crippen molar-refractivity contribution in [2.24, 2.45) is 0 Å². The van der Waals surface area contributed by atoms with Crippen LogP contribution in [0.15, 0.2) is 115 Å². The Balaban J connectivity index is 0.942. The number of carbonyl (C=O) groups excluding carboxylic acids is 1. The van der Waals surface area contributed by atoms with Gasteiger partial charge in [-0.25, -0.2) is 9.87 Å². The number of benzene rings is 4. The number of hydroxylamine groups is 1. The van der Waals surface area contributed by atoms with E-state index in [1.54, 1.807) is 6.07 Å². The van der Waals surface area contributed by atoms with Gasteiger partial charge < -0.3 is 5.32 Å². The molecule has 254 valence electrons. The molecule has 1 fully saturated rings. The molecule has 0 bridgehead atoms. The molecule has 0 saturated heterocycles. The second-order valence-corrected chi connectivity index (χ2v) is 13.4. The first-order valence-corrected chi connectivity index (χ1v) is 17.5. The number of nitrogens with one attached hydrogen (secondary N) is 2. The van der Waals surface area contributed by atoms with Crippen molar-refractivity contribution in [2.75, 3.05) is 0 Å². The molecular formula is C41H46FN5O2. The highest BCUT2D eigenvalue weighted by molar-refractivity contribution is 5.74. The first-order valence-electron chi connectivity index (χ1n) is 17.5. The molecule has 0 atom stereocenters. The Hall–Kier alpha value is -4.66. The second-order valence-electron chi connectivity index (χ2n) is 13.4. The molecule has 6 rings (SSSR count). The molecule has 0 aliphatic heterocycles. The number of carbonyl (C=O) groups is 1. The molecule has 4 aromatic carbocycles. The molecule has 1 heterocycles. The number of aromatic nitrogens is 3. The van der Waals surface area contributed by atoms with Crippen molar-refractivity contribution in [1.29, 1.82) is 0 Å². The standard InChI is InChI=1S/C41H46FN5O2/c1-40(26-16-27-40)43-30-33-25-24-32(29-37(33)42)38-31-47(46-44-38)28-15-4-2-3-14-23-39(48)45-49-41(34-17-8-5-9-18-34,35-19-10-6-11-20-35)36-21-12-7-13-22-36/h5-13,17-22,24-25,29,31,43H,2-4,14-16,23,26-28,30H2,1H3,(H,45,48). The molecule has 1 aliphatic rings. The number of aryl methyl sites for hydroxylation is 1. The lowest BCUT2D eigenvalue weighted by Gasteiger charge is -2.39. The topological polar surface area (TPSA) is 81.1 Å². The zero-order chi connectivity index (χ0) is 33.9. The van der Waals surface area contributed by atoms with Gasteiger partial charge in [0.05, 0.1) is 6.20 Å². The van der Waals surface area contributed by atoms with E-state index in [1.807, 2.05) is 114 Å². The smallest absolute Gasteiger partial charge is 0.243 e. The summed E-state index contributed by atoms with van der Waals surface area (Å²) in [6.45, 7) is 3.47. The fourth-order valence-corrected chi connectivity index (χ4v) is 6.55. The van der Waals surface area contributed by atoms with E-state index in [0.717, 1.165) is 73.7 Å². The largest absolute Gasteiger partial charge is 0.307 e. The summed E-state index contributed by atoms with van der Waals surface area (Å²) in [5, 5.41) is 12.0. The molecule has 8 heteroatoms. The molecule has 2 N–H and O–H groups in total.